The third-order valence-electron chi connectivity index (χ3n) is 6.23. The largest absolute Gasteiger partial charge is 0.383 e. The van der Waals surface area contributed by atoms with Crippen molar-refractivity contribution in [1.82, 2.24) is 24.9 Å². The molecule has 2 aromatic heterocycles. The van der Waals surface area contributed by atoms with E-state index in [0.717, 1.165) is 30.6 Å². The van der Waals surface area contributed by atoms with Crippen LogP contribution in [0.1, 0.15) is 35.4 Å². The number of hydrogen-bond acceptors (Lipinski definition) is 5. The standard InChI is InChI=1S/C22H23FN6O/c1-15-2-7-19(29-25-9-10-26-29)20(27-15)21(30)28-11-8-16-12-22(28,13-16)14-24-18-5-3-17(23)4-6-18/h2-7,9-10,16,24H,8,11-14H2,1H3. The minimum atomic E-state index is -0.262. The van der Waals surface area contributed by atoms with E-state index in [1.807, 2.05) is 24.0 Å². The molecule has 30 heavy (non-hydrogen) atoms. The number of hydrogen-bond donors (Lipinski definition) is 1. The van der Waals surface area contributed by atoms with Gasteiger partial charge in [-0.05, 0) is 68.5 Å². The van der Waals surface area contributed by atoms with Crippen LogP contribution in [0.4, 0.5) is 10.1 Å². The fourth-order valence-corrected chi connectivity index (χ4v) is 4.72. The third-order valence-corrected chi connectivity index (χ3v) is 6.23. The number of aromatic nitrogens is 4. The van der Waals surface area contributed by atoms with Gasteiger partial charge in [-0.25, -0.2) is 9.37 Å². The molecule has 2 bridgehead atoms. The molecule has 0 atom stereocenters. The lowest BCUT2D eigenvalue weighted by Crippen LogP contribution is -2.67. The Labute approximate surface area is 173 Å². The van der Waals surface area contributed by atoms with Gasteiger partial charge in [-0.1, -0.05) is 0 Å². The van der Waals surface area contributed by atoms with Crippen LogP contribution in [0.15, 0.2) is 48.8 Å². The zero-order valence-electron chi connectivity index (χ0n) is 16.8. The molecule has 1 saturated carbocycles. The number of nitrogens with zero attached hydrogens (tertiary/aromatic N) is 5. The number of pyridine rings is 1. The van der Waals surface area contributed by atoms with Crippen molar-refractivity contribution in [1.29, 1.82) is 0 Å². The molecular formula is C22H23FN6O. The number of aryl methyl sites for hydroxylation is 1. The summed E-state index contributed by atoms with van der Waals surface area (Å²) in [5.41, 5.74) is 2.32. The molecule has 7 nitrogen and oxygen atoms in total. The molecule has 154 valence electrons. The number of nitrogens with one attached hydrogen (secondary N) is 1. The molecule has 0 unspecified atom stereocenters. The second kappa shape index (κ2) is 7.19. The van der Waals surface area contributed by atoms with E-state index >= 15 is 0 Å². The summed E-state index contributed by atoms with van der Waals surface area (Å²) in [4.78, 5) is 21.7. The Morgan fingerprint density at radius 1 is 1.17 bits per heavy atom. The van der Waals surface area contributed by atoms with E-state index in [1.165, 1.54) is 16.9 Å². The molecule has 3 aliphatic rings. The summed E-state index contributed by atoms with van der Waals surface area (Å²) in [6.07, 6.45) is 6.10. The third kappa shape index (κ3) is 3.22. The van der Waals surface area contributed by atoms with Crippen molar-refractivity contribution >= 4 is 11.6 Å². The van der Waals surface area contributed by atoms with E-state index in [0.29, 0.717) is 30.4 Å². The van der Waals surface area contributed by atoms with Gasteiger partial charge in [-0.2, -0.15) is 10.2 Å². The minimum Gasteiger partial charge on any atom is -0.383 e. The van der Waals surface area contributed by atoms with E-state index in [9.17, 15) is 9.18 Å². The first-order chi connectivity index (χ1) is 14.5. The summed E-state index contributed by atoms with van der Waals surface area (Å²) < 4.78 is 13.2. The quantitative estimate of drug-likeness (QED) is 0.704. The number of piperidine rings is 2. The van der Waals surface area contributed by atoms with Crippen LogP contribution < -0.4 is 5.32 Å². The van der Waals surface area contributed by atoms with Crippen LogP contribution in [-0.2, 0) is 0 Å². The van der Waals surface area contributed by atoms with Crippen molar-refractivity contribution in [3.8, 4) is 5.69 Å². The van der Waals surface area contributed by atoms with Crippen LogP contribution in [0, 0.1) is 18.7 Å². The summed E-state index contributed by atoms with van der Waals surface area (Å²) in [7, 11) is 0. The van der Waals surface area contributed by atoms with Crippen LogP contribution in [0.2, 0.25) is 0 Å². The van der Waals surface area contributed by atoms with Crippen LogP contribution in [-0.4, -0.2) is 49.4 Å². The topological polar surface area (TPSA) is 75.9 Å². The predicted octanol–water partition coefficient (Wildman–Crippen LogP) is 3.22. The van der Waals surface area contributed by atoms with Gasteiger partial charge in [0, 0.05) is 24.5 Å². The molecule has 3 aromatic rings. The summed E-state index contributed by atoms with van der Waals surface area (Å²) in [6.45, 7) is 3.21. The van der Waals surface area contributed by atoms with Gasteiger partial charge in [-0.15, -0.1) is 4.80 Å². The first-order valence-electron chi connectivity index (χ1n) is 10.2. The van der Waals surface area contributed by atoms with Crippen molar-refractivity contribution < 1.29 is 9.18 Å². The SMILES string of the molecule is Cc1ccc(-n2nccn2)c(C(=O)N2CCC3CC2(CNc2ccc(F)cc2)C3)n1. The maximum absolute atomic E-state index is 13.7. The number of halogens is 1. The van der Waals surface area contributed by atoms with E-state index < -0.39 is 0 Å². The highest BCUT2D eigenvalue weighted by Gasteiger charge is 2.54. The summed E-state index contributed by atoms with van der Waals surface area (Å²) >= 11 is 0. The number of carbonyl (C=O) groups excluding carboxylic acids is 1. The Kier molecular flexibility index (Phi) is 4.49. The Morgan fingerprint density at radius 2 is 1.90 bits per heavy atom. The molecule has 1 amide bonds. The highest BCUT2D eigenvalue weighted by molar-refractivity contribution is 5.96. The number of fused-ring (bicyclic) bond motifs is 2. The zero-order chi connectivity index (χ0) is 20.7. The molecule has 2 saturated heterocycles. The second-order valence-corrected chi connectivity index (χ2v) is 8.24. The summed E-state index contributed by atoms with van der Waals surface area (Å²) in [5.74, 6) is 0.300. The molecular weight excluding hydrogens is 383 g/mol. The number of carbonyl (C=O) groups is 1. The molecule has 4 heterocycles. The lowest BCUT2D eigenvalue weighted by Gasteiger charge is -2.59. The van der Waals surface area contributed by atoms with E-state index in [1.54, 1.807) is 24.5 Å². The van der Waals surface area contributed by atoms with Crippen molar-refractivity contribution in [2.45, 2.75) is 31.7 Å². The second-order valence-electron chi connectivity index (χ2n) is 8.24. The molecule has 1 aliphatic carbocycles. The highest BCUT2D eigenvalue weighted by atomic mass is 19.1. The van der Waals surface area contributed by atoms with Crippen LogP contribution in [0.3, 0.4) is 0 Å². The molecule has 1 N–H and O–H groups in total. The van der Waals surface area contributed by atoms with Crippen LogP contribution in [0.25, 0.3) is 5.69 Å². The molecule has 2 aliphatic heterocycles. The highest BCUT2D eigenvalue weighted by Crippen LogP contribution is 2.49. The summed E-state index contributed by atoms with van der Waals surface area (Å²) in [6, 6.07) is 10.0. The van der Waals surface area contributed by atoms with Gasteiger partial charge < -0.3 is 10.2 Å². The Hall–Kier alpha value is -3.29. The molecule has 0 radical (unpaired) electrons. The smallest absolute Gasteiger partial charge is 0.275 e. The molecule has 3 fully saturated rings. The Balaban J connectivity index is 1.43. The average molecular weight is 406 g/mol. The van der Waals surface area contributed by atoms with E-state index in [4.69, 9.17) is 0 Å². The minimum absolute atomic E-state index is 0.0925. The fraction of sp³-hybridized carbons (Fsp3) is 0.364. The summed E-state index contributed by atoms with van der Waals surface area (Å²) in [5, 5.41) is 11.8. The van der Waals surface area contributed by atoms with Crippen LogP contribution in [0.5, 0.6) is 0 Å². The van der Waals surface area contributed by atoms with Crippen molar-refractivity contribution in [2.75, 3.05) is 18.4 Å². The molecule has 8 heteroatoms. The van der Waals surface area contributed by atoms with E-state index in [-0.39, 0.29) is 17.3 Å². The number of amides is 1. The lowest BCUT2D eigenvalue weighted by molar-refractivity contribution is -0.0490. The fourth-order valence-electron chi connectivity index (χ4n) is 4.72. The number of rotatable bonds is 5. The average Bonchev–Trinajstić information content (AvgIpc) is 3.27. The zero-order valence-corrected chi connectivity index (χ0v) is 16.8. The molecule has 6 rings (SSSR count). The maximum atomic E-state index is 13.7. The maximum Gasteiger partial charge on any atom is 0.275 e. The Morgan fingerprint density at radius 3 is 2.63 bits per heavy atom. The molecule has 0 spiro atoms. The Bertz CT molecular complexity index is 1060. The van der Waals surface area contributed by atoms with Gasteiger partial charge in [0.1, 0.15) is 11.5 Å². The molecule has 1 aromatic carbocycles. The van der Waals surface area contributed by atoms with Gasteiger partial charge in [0.15, 0.2) is 5.69 Å². The van der Waals surface area contributed by atoms with Gasteiger partial charge in [-0.3, -0.25) is 4.79 Å². The predicted molar refractivity (Wildman–Crippen MR) is 110 cm³/mol. The van der Waals surface area contributed by atoms with Crippen molar-refractivity contribution in [3.63, 3.8) is 0 Å². The monoisotopic (exact) mass is 406 g/mol. The normalized spacial score (nSPS) is 22.5. The number of benzene rings is 1. The van der Waals surface area contributed by atoms with Gasteiger partial charge in [0.2, 0.25) is 0 Å². The van der Waals surface area contributed by atoms with Gasteiger partial charge in [0.05, 0.1) is 17.9 Å². The van der Waals surface area contributed by atoms with Crippen molar-refractivity contribution in [2.24, 2.45) is 5.92 Å². The van der Waals surface area contributed by atoms with E-state index in [2.05, 4.69) is 20.5 Å². The number of anilines is 1. The van der Waals surface area contributed by atoms with Crippen LogP contribution >= 0.6 is 0 Å². The van der Waals surface area contributed by atoms with Gasteiger partial charge >= 0.3 is 0 Å². The lowest BCUT2D eigenvalue weighted by atomic mass is 9.62. The van der Waals surface area contributed by atoms with Gasteiger partial charge in [0.25, 0.3) is 5.91 Å². The first-order valence-corrected chi connectivity index (χ1v) is 10.2. The first kappa shape index (κ1) is 18.7. The van der Waals surface area contributed by atoms with Crippen molar-refractivity contribution in [3.05, 3.63) is 66.0 Å².